The maximum absolute atomic E-state index is 14.3. The molecule has 5 atom stereocenters. The maximum atomic E-state index is 14.3. The molecule has 0 unspecified atom stereocenters. The van der Waals surface area contributed by atoms with E-state index in [-0.39, 0.29) is 22.8 Å². The molecule has 0 amide bonds. The second kappa shape index (κ2) is 9.68. The molecule has 1 fully saturated rings. The van der Waals surface area contributed by atoms with Crippen LogP contribution in [0.25, 0.3) is 0 Å². The maximum Gasteiger partial charge on any atom is 0.204 e. The zero-order valence-corrected chi connectivity index (χ0v) is 23.5. The average Bonchev–Trinajstić information content (AvgIpc) is 3.55. The Morgan fingerprint density at radius 3 is 2.15 bits per heavy atom. The van der Waals surface area contributed by atoms with Crippen LogP contribution in [0.3, 0.4) is 0 Å². The predicted octanol–water partition coefficient (Wildman–Crippen LogP) is 5.06. The number of rotatable bonds is 7. The van der Waals surface area contributed by atoms with Crippen molar-refractivity contribution in [2.45, 2.75) is 37.1 Å². The largest absolute Gasteiger partial charge is 0.497 e. The van der Waals surface area contributed by atoms with Gasteiger partial charge in [-0.25, -0.2) is 0 Å². The first kappa shape index (κ1) is 26.9. The monoisotopic (exact) mass is 556 g/mol. The second-order valence-corrected chi connectivity index (χ2v) is 10.6. The van der Waals surface area contributed by atoms with Crippen molar-refractivity contribution in [3.8, 4) is 23.0 Å². The molecule has 2 N–H and O–H groups in total. The van der Waals surface area contributed by atoms with E-state index in [0.717, 1.165) is 5.56 Å². The Balaban J connectivity index is 1.69. The van der Waals surface area contributed by atoms with Crippen LogP contribution in [0.4, 0.5) is 0 Å². The molecular formula is C33H32O8. The van der Waals surface area contributed by atoms with Gasteiger partial charge in [-0.05, 0) is 48.7 Å². The van der Waals surface area contributed by atoms with Gasteiger partial charge in [0.15, 0.2) is 17.0 Å². The van der Waals surface area contributed by atoms with Gasteiger partial charge in [-0.3, -0.25) is 4.79 Å². The molecular weight excluding hydrogens is 524 g/mol. The van der Waals surface area contributed by atoms with E-state index in [9.17, 15) is 15.0 Å². The molecule has 1 aliphatic heterocycles. The number of carbonyl (C=O) groups is 1. The molecule has 2 heterocycles. The molecule has 212 valence electrons. The highest BCUT2D eigenvalue weighted by Gasteiger charge is 2.78. The fraction of sp³-hybridized carbons (Fsp3) is 0.303. The third-order valence-electron chi connectivity index (χ3n) is 8.67. The Bertz CT molecular complexity index is 1590. The zero-order chi connectivity index (χ0) is 29.1. The fourth-order valence-corrected chi connectivity index (χ4v) is 6.65. The van der Waals surface area contributed by atoms with Gasteiger partial charge >= 0.3 is 0 Å². The third-order valence-corrected chi connectivity index (χ3v) is 8.67. The molecule has 0 bridgehead atoms. The quantitative estimate of drug-likeness (QED) is 0.305. The van der Waals surface area contributed by atoms with Crippen LogP contribution in [-0.4, -0.2) is 43.4 Å². The molecule has 0 saturated heterocycles. The van der Waals surface area contributed by atoms with Gasteiger partial charge in [0.2, 0.25) is 5.78 Å². The number of furan rings is 1. The van der Waals surface area contributed by atoms with Crippen molar-refractivity contribution >= 4 is 5.78 Å². The number of ketones is 1. The summed E-state index contributed by atoms with van der Waals surface area (Å²) in [4.78, 5) is 14.3. The molecule has 8 heteroatoms. The van der Waals surface area contributed by atoms with E-state index in [2.05, 4.69) is 0 Å². The zero-order valence-electron chi connectivity index (χ0n) is 23.5. The third kappa shape index (κ3) is 3.64. The first-order valence-electron chi connectivity index (χ1n) is 13.4. The van der Waals surface area contributed by atoms with Crippen molar-refractivity contribution in [3.05, 3.63) is 107 Å². The molecule has 1 aliphatic carbocycles. The smallest absolute Gasteiger partial charge is 0.204 e. The average molecular weight is 557 g/mol. The van der Waals surface area contributed by atoms with Gasteiger partial charge < -0.3 is 33.6 Å². The standard InChI is InChI=1S/C33H32O8/c1-18-15-26(40-19(18)2)30(34)27-28(20-9-7-6-8-10-20)33(21-11-13-22(37-3)14-12-21)32(36,31(27)35)29-24(39-5)16-23(38-4)17-25(29)41-33/h6-17,27-28,31,35-36H,1-5H3/t27-,28+,31+,32-,33-/m0/s1. The molecule has 0 radical (unpaired) electrons. The summed E-state index contributed by atoms with van der Waals surface area (Å²) in [5, 5.41) is 25.3. The Labute approximate surface area is 238 Å². The summed E-state index contributed by atoms with van der Waals surface area (Å²) in [5.41, 5.74) is -1.46. The van der Waals surface area contributed by atoms with Gasteiger partial charge in [0.25, 0.3) is 0 Å². The Hall–Kier alpha value is -4.27. The van der Waals surface area contributed by atoms with E-state index >= 15 is 0 Å². The van der Waals surface area contributed by atoms with Crippen molar-refractivity contribution in [3.63, 3.8) is 0 Å². The first-order valence-corrected chi connectivity index (χ1v) is 13.4. The van der Waals surface area contributed by atoms with Crippen LogP contribution in [0.15, 0.2) is 77.2 Å². The van der Waals surface area contributed by atoms with Gasteiger partial charge in [-0.2, -0.15) is 0 Å². The predicted molar refractivity (Wildman–Crippen MR) is 150 cm³/mol. The number of hydrogen-bond acceptors (Lipinski definition) is 8. The summed E-state index contributed by atoms with van der Waals surface area (Å²) < 4.78 is 29.3. The molecule has 1 saturated carbocycles. The van der Waals surface area contributed by atoms with Crippen LogP contribution in [-0.2, 0) is 11.2 Å². The lowest BCUT2D eigenvalue weighted by molar-refractivity contribution is -0.151. The number of carbonyl (C=O) groups excluding carboxylic acids is 1. The summed E-state index contributed by atoms with van der Waals surface area (Å²) in [7, 11) is 4.56. The van der Waals surface area contributed by atoms with Crippen molar-refractivity contribution in [2.75, 3.05) is 21.3 Å². The minimum absolute atomic E-state index is 0.111. The number of aliphatic hydroxyl groups is 2. The van der Waals surface area contributed by atoms with Crippen LogP contribution in [0.5, 0.6) is 23.0 Å². The second-order valence-electron chi connectivity index (χ2n) is 10.6. The molecule has 4 aromatic rings. The molecule has 8 nitrogen and oxygen atoms in total. The van der Waals surface area contributed by atoms with Crippen LogP contribution in [0.1, 0.15) is 44.5 Å². The van der Waals surface area contributed by atoms with Gasteiger partial charge in [-0.1, -0.05) is 42.5 Å². The Morgan fingerprint density at radius 2 is 1.56 bits per heavy atom. The Kier molecular flexibility index (Phi) is 6.36. The number of benzene rings is 3. The van der Waals surface area contributed by atoms with E-state index in [1.807, 2.05) is 37.3 Å². The molecule has 6 rings (SSSR count). The normalized spacial score (nSPS) is 26.2. The number of hydrogen-bond donors (Lipinski definition) is 2. The lowest BCUT2D eigenvalue weighted by Crippen LogP contribution is -2.52. The number of fused-ring (bicyclic) bond motifs is 3. The van der Waals surface area contributed by atoms with Crippen molar-refractivity contribution in [1.82, 2.24) is 0 Å². The molecule has 41 heavy (non-hydrogen) atoms. The van der Waals surface area contributed by atoms with E-state index < -0.39 is 34.9 Å². The van der Waals surface area contributed by atoms with Crippen molar-refractivity contribution in [1.29, 1.82) is 0 Å². The molecule has 0 spiro atoms. The van der Waals surface area contributed by atoms with Gasteiger partial charge in [0.1, 0.15) is 34.9 Å². The van der Waals surface area contributed by atoms with E-state index in [1.54, 1.807) is 56.5 Å². The topological polar surface area (TPSA) is 108 Å². The summed E-state index contributed by atoms with van der Waals surface area (Å²) in [5.74, 6) is -0.0994. The number of methoxy groups -OCH3 is 3. The summed E-state index contributed by atoms with van der Waals surface area (Å²) in [6.45, 7) is 3.64. The SMILES string of the molecule is COc1ccc([C@@]23Oc4cc(OC)cc(OC)c4[C@]2(O)[C@H](O)[C@H](C(=O)c2cc(C)c(C)o2)[C@H]3c2ccccc2)cc1. The van der Waals surface area contributed by atoms with Gasteiger partial charge in [0, 0.05) is 18.1 Å². The van der Waals surface area contributed by atoms with Crippen LogP contribution in [0, 0.1) is 19.8 Å². The minimum atomic E-state index is -2.12. The molecule has 2 aliphatic rings. The number of ether oxygens (including phenoxy) is 4. The van der Waals surface area contributed by atoms with Crippen LogP contribution >= 0.6 is 0 Å². The fourth-order valence-electron chi connectivity index (χ4n) is 6.65. The lowest BCUT2D eigenvalue weighted by atomic mass is 9.70. The first-order chi connectivity index (χ1) is 19.7. The van der Waals surface area contributed by atoms with Crippen LogP contribution < -0.4 is 18.9 Å². The van der Waals surface area contributed by atoms with E-state index in [0.29, 0.717) is 28.4 Å². The van der Waals surface area contributed by atoms with Crippen LogP contribution in [0.2, 0.25) is 0 Å². The number of aliphatic hydroxyl groups excluding tert-OH is 1. The number of Topliss-reactive ketones (excluding diaryl/α,β-unsaturated/α-hetero) is 1. The minimum Gasteiger partial charge on any atom is -0.497 e. The van der Waals surface area contributed by atoms with Crippen molar-refractivity contribution < 1.29 is 38.4 Å². The number of aryl methyl sites for hydroxylation is 2. The highest BCUT2D eigenvalue weighted by molar-refractivity contribution is 5.98. The molecule has 3 aromatic carbocycles. The summed E-state index contributed by atoms with van der Waals surface area (Å²) in [6, 6.07) is 21.4. The molecule has 1 aromatic heterocycles. The van der Waals surface area contributed by atoms with Crippen molar-refractivity contribution in [2.24, 2.45) is 5.92 Å². The van der Waals surface area contributed by atoms with Gasteiger partial charge in [0.05, 0.1) is 32.8 Å². The summed E-state index contributed by atoms with van der Waals surface area (Å²) in [6.07, 6.45) is -1.61. The van der Waals surface area contributed by atoms with E-state index in [4.69, 9.17) is 23.4 Å². The highest BCUT2D eigenvalue weighted by atomic mass is 16.5. The highest BCUT2D eigenvalue weighted by Crippen LogP contribution is 2.70. The summed E-state index contributed by atoms with van der Waals surface area (Å²) >= 11 is 0. The Morgan fingerprint density at radius 1 is 0.878 bits per heavy atom. The lowest BCUT2D eigenvalue weighted by Gasteiger charge is -2.40. The van der Waals surface area contributed by atoms with E-state index in [1.165, 1.54) is 14.2 Å². The van der Waals surface area contributed by atoms with Gasteiger partial charge in [-0.15, -0.1) is 0 Å².